The van der Waals surface area contributed by atoms with Gasteiger partial charge in [-0.05, 0) is 27.3 Å². The molecule has 0 aromatic carbocycles. The van der Waals surface area contributed by atoms with Crippen molar-refractivity contribution in [2.75, 3.05) is 38.5 Å². The zero-order chi connectivity index (χ0) is 15.0. The zero-order valence-corrected chi connectivity index (χ0v) is 13.7. The summed E-state index contributed by atoms with van der Waals surface area (Å²) in [5.74, 6) is 0.159. The lowest BCUT2D eigenvalue weighted by atomic mass is 10.4. The van der Waals surface area contributed by atoms with Crippen LogP contribution in [0.15, 0.2) is 0 Å². The molecule has 0 radical (unpaired) electrons. The summed E-state index contributed by atoms with van der Waals surface area (Å²) < 4.78 is 0. The van der Waals surface area contributed by atoms with Crippen LogP contribution in [0.4, 0.5) is 5.13 Å². The summed E-state index contributed by atoms with van der Waals surface area (Å²) >= 11 is 1.55. The predicted octanol–water partition coefficient (Wildman–Crippen LogP) is 1.66. The number of carbonyl (C=O) groups is 1. The molecule has 1 aromatic heterocycles. The van der Waals surface area contributed by atoms with Crippen molar-refractivity contribution < 1.29 is 4.79 Å². The van der Waals surface area contributed by atoms with Gasteiger partial charge in [0, 0.05) is 19.6 Å². The molecule has 0 saturated carbocycles. The topological polar surface area (TPSA) is 61.4 Å². The maximum atomic E-state index is 12.0. The molecule has 0 aliphatic carbocycles. The van der Waals surface area contributed by atoms with E-state index >= 15 is 0 Å². The molecule has 0 aliphatic rings. The number of hydrogen-bond donors (Lipinski definition) is 1. The van der Waals surface area contributed by atoms with Crippen molar-refractivity contribution in [3.63, 3.8) is 0 Å². The number of hydrogen-bond acceptors (Lipinski definition) is 6. The Hall–Kier alpha value is -1.21. The second-order valence-corrected chi connectivity index (χ2v) is 5.73. The fraction of sp³-hybridized carbons (Fsp3) is 0.769. The lowest BCUT2D eigenvalue weighted by Crippen LogP contribution is -2.38. The van der Waals surface area contributed by atoms with Gasteiger partial charge in [-0.25, -0.2) is 0 Å². The first-order valence-corrected chi connectivity index (χ1v) is 7.94. The Morgan fingerprint density at radius 2 is 1.95 bits per heavy atom. The molecule has 1 amide bonds. The molecule has 0 bridgehead atoms. The van der Waals surface area contributed by atoms with Gasteiger partial charge in [-0.15, -0.1) is 10.2 Å². The highest BCUT2D eigenvalue weighted by molar-refractivity contribution is 7.15. The number of carbonyl (C=O) groups excluding carboxylic acids is 1. The first-order chi connectivity index (χ1) is 9.60. The van der Waals surface area contributed by atoms with Crippen LogP contribution in [0.1, 0.15) is 32.2 Å². The quantitative estimate of drug-likeness (QED) is 0.751. The minimum atomic E-state index is 0.159. The summed E-state index contributed by atoms with van der Waals surface area (Å²) in [6.45, 7) is 9.60. The highest BCUT2D eigenvalue weighted by atomic mass is 32.1. The van der Waals surface area contributed by atoms with Gasteiger partial charge in [0.05, 0.1) is 13.1 Å². The van der Waals surface area contributed by atoms with Gasteiger partial charge in [-0.2, -0.15) is 0 Å². The zero-order valence-electron chi connectivity index (χ0n) is 12.8. The van der Waals surface area contributed by atoms with Crippen LogP contribution in [0.2, 0.25) is 0 Å². The fourth-order valence-electron chi connectivity index (χ4n) is 1.81. The molecule has 0 unspecified atom stereocenters. The number of likely N-dealkylation sites (N-methyl/N-ethyl adjacent to an activating group) is 2. The number of amides is 1. The molecule has 1 rings (SSSR count). The minimum absolute atomic E-state index is 0.159. The largest absolute Gasteiger partial charge is 0.360 e. The average molecular weight is 299 g/mol. The first kappa shape index (κ1) is 16.8. The van der Waals surface area contributed by atoms with Gasteiger partial charge < -0.3 is 10.2 Å². The van der Waals surface area contributed by atoms with Gasteiger partial charge in [-0.3, -0.25) is 9.69 Å². The van der Waals surface area contributed by atoms with E-state index in [1.807, 2.05) is 30.7 Å². The van der Waals surface area contributed by atoms with Gasteiger partial charge in [0.25, 0.3) is 0 Å². The standard InChI is InChI=1S/C13H25N5OS/c1-5-8-14-13-16-15-11(20-13)9-17(4)10-12(19)18(6-2)7-3/h5-10H2,1-4H3,(H,14,16). The number of nitrogens with one attached hydrogen (secondary N) is 1. The van der Waals surface area contributed by atoms with E-state index in [1.54, 1.807) is 11.3 Å². The predicted molar refractivity (Wildman–Crippen MR) is 83.0 cm³/mol. The lowest BCUT2D eigenvalue weighted by molar-refractivity contribution is -0.131. The number of anilines is 1. The maximum absolute atomic E-state index is 12.0. The highest BCUT2D eigenvalue weighted by Gasteiger charge is 2.14. The van der Waals surface area contributed by atoms with Crippen molar-refractivity contribution in [3.05, 3.63) is 5.01 Å². The highest BCUT2D eigenvalue weighted by Crippen LogP contribution is 2.16. The second kappa shape index (κ2) is 8.86. The molecule has 114 valence electrons. The van der Waals surface area contributed by atoms with Gasteiger partial charge in [0.15, 0.2) is 0 Å². The Morgan fingerprint density at radius 1 is 1.25 bits per heavy atom. The van der Waals surface area contributed by atoms with E-state index in [9.17, 15) is 4.79 Å². The van der Waals surface area contributed by atoms with E-state index in [2.05, 4.69) is 22.4 Å². The van der Waals surface area contributed by atoms with Crippen LogP contribution in [-0.4, -0.2) is 59.1 Å². The molecule has 0 atom stereocenters. The summed E-state index contributed by atoms with van der Waals surface area (Å²) in [6.07, 6.45) is 1.06. The molecule has 20 heavy (non-hydrogen) atoms. The van der Waals surface area contributed by atoms with E-state index in [4.69, 9.17) is 0 Å². The summed E-state index contributed by atoms with van der Waals surface area (Å²) in [5.41, 5.74) is 0. The monoisotopic (exact) mass is 299 g/mol. The molecular weight excluding hydrogens is 274 g/mol. The molecule has 6 nitrogen and oxygen atoms in total. The van der Waals surface area contributed by atoms with Crippen LogP contribution in [-0.2, 0) is 11.3 Å². The van der Waals surface area contributed by atoms with Crippen LogP contribution in [0.3, 0.4) is 0 Å². The van der Waals surface area contributed by atoms with Crippen LogP contribution < -0.4 is 5.32 Å². The van der Waals surface area contributed by atoms with Crippen molar-refractivity contribution in [1.29, 1.82) is 0 Å². The van der Waals surface area contributed by atoms with Gasteiger partial charge in [0.2, 0.25) is 11.0 Å². The molecule has 1 N–H and O–H groups in total. The van der Waals surface area contributed by atoms with Crippen molar-refractivity contribution in [1.82, 2.24) is 20.0 Å². The summed E-state index contributed by atoms with van der Waals surface area (Å²) in [7, 11) is 1.93. The van der Waals surface area contributed by atoms with E-state index in [1.165, 1.54) is 0 Å². The maximum Gasteiger partial charge on any atom is 0.236 e. The second-order valence-electron chi connectivity index (χ2n) is 4.67. The van der Waals surface area contributed by atoms with Crippen LogP contribution >= 0.6 is 11.3 Å². The normalized spacial score (nSPS) is 10.8. The Bertz CT molecular complexity index is 405. The van der Waals surface area contributed by atoms with Gasteiger partial charge in [-0.1, -0.05) is 18.3 Å². The molecule has 0 spiro atoms. The van der Waals surface area contributed by atoms with E-state index in [0.717, 1.165) is 36.2 Å². The van der Waals surface area contributed by atoms with Crippen LogP contribution in [0, 0.1) is 0 Å². The van der Waals surface area contributed by atoms with E-state index in [0.29, 0.717) is 13.1 Å². The van der Waals surface area contributed by atoms with Crippen molar-refractivity contribution in [2.24, 2.45) is 0 Å². The fourth-order valence-corrected chi connectivity index (χ4v) is 2.66. The Labute approximate surface area is 125 Å². The molecule has 1 heterocycles. The Kier molecular flexibility index (Phi) is 7.46. The van der Waals surface area contributed by atoms with Crippen molar-refractivity contribution in [2.45, 2.75) is 33.7 Å². The molecule has 1 aromatic rings. The number of rotatable bonds is 9. The minimum Gasteiger partial charge on any atom is -0.360 e. The molecular formula is C13H25N5OS. The molecule has 0 fully saturated rings. The van der Waals surface area contributed by atoms with Crippen LogP contribution in [0.25, 0.3) is 0 Å². The van der Waals surface area contributed by atoms with E-state index < -0.39 is 0 Å². The summed E-state index contributed by atoms with van der Waals surface area (Å²) in [4.78, 5) is 15.8. The molecule has 0 saturated heterocycles. The molecule has 0 aliphatic heterocycles. The third kappa shape index (κ3) is 5.42. The van der Waals surface area contributed by atoms with Crippen molar-refractivity contribution >= 4 is 22.4 Å². The summed E-state index contributed by atoms with van der Waals surface area (Å²) in [6, 6.07) is 0. The van der Waals surface area contributed by atoms with Crippen molar-refractivity contribution in [3.8, 4) is 0 Å². The smallest absolute Gasteiger partial charge is 0.236 e. The number of nitrogens with zero attached hydrogens (tertiary/aromatic N) is 4. The molecule has 7 heteroatoms. The Morgan fingerprint density at radius 3 is 2.55 bits per heavy atom. The SMILES string of the molecule is CCCNc1nnc(CN(C)CC(=O)N(CC)CC)s1. The van der Waals surface area contributed by atoms with E-state index in [-0.39, 0.29) is 5.91 Å². The average Bonchev–Trinajstić information content (AvgIpc) is 2.85. The first-order valence-electron chi connectivity index (χ1n) is 7.13. The Balaban J connectivity index is 2.43. The lowest BCUT2D eigenvalue weighted by Gasteiger charge is -2.22. The summed E-state index contributed by atoms with van der Waals surface area (Å²) in [5, 5.41) is 13.2. The number of aromatic nitrogens is 2. The third-order valence-corrected chi connectivity index (χ3v) is 3.79. The van der Waals surface area contributed by atoms with Gasteiger partial charge >= 0.3 is 0 Å². The third-order valence-electron chi connectivity index (χ3n) is 2.92. The van der Waals surface area contributed by atoms with Crippen LogP contribution in [0.5, 0.6) is 0 Å². The van der Waals surface area contributed by atoms with Gasteiger partial charge in [0.1, 0.15) is 5.01 Å².